The van der Waals surface area contributed by atoms with Crippen molar-refractivity contribution in [3.63, 3.8) is 0 Å². The average Bonchev–Trinajstić information content (AvgIpc) is 2.94. The number of nitrogens with zero attached hydrogens (tertiary/aromatic N) is 1. The minimum Gasteiger partial charge on any atom is -0.374 e. The summed E-state index contributed by atoms with van der Waals surface area (Å²) in [5.74, 6) is 0.994. The molecule has 0 saturated carbocycles. The lowest BCUT2D eigenvalue weighted by molar-refractivity contribution is 0.0235. The third-order valence-electron chi connectivity index (χ3n) is 3.31. The van der Waals surface area contributed by atoms with Gasteiger partial charge in [0.05, 0.1) is 24.3 Å². The van der Waals surface area contributed by atoms with Gasteiger partial charge in [-0.05, 0) is 24.5 Å². The van der Waals surface area contributed by atoms with E-state index in [0.717, 1.165) is 16.3 Å². The van der Waals surface area contributed by atoms with E-state index in [-0.39, 0.29) is 6.10 Å². The molecule has 0 radical (unpaired) electrons. The van der Waals surface area contributed by atoms with E-state index in [1.165, 1.54) is 5.56 Å². The van der Waals surface area contributed by atoms with Crippen molar-refractivity contribution in [1.29, 1.82) is 0 Å². The van der Waals surface area contributed by atoms with Crippen LogP contribution in [-0.2, 0) is 17.2 Å². The van der Waals surface area contributed by atoms with Crippen molar-refractivity contribution in [2.45, 2.75) is 39.4 Å². The first kappa shape index (κ1) is 15.5. The van der Waals surface area contributed by atoms with E-state index in [2.05, 4.69) is 50.0 Å². The quantitative estimate of drug-likeness (QED) is 0.692. The van der Waals surface area contributed by atoms with Gasteiger partial charge in [0.15, 0.2) is 0 Å². The van der Waals surface area contributed by atoms with E-state index in [0.29, 0.717) is 18.4 Å². The summed E-state index contributed by atoms with van der Waals surface area (Å²) >= 11 is 7.43. The summed E-state index contributed by atoms with van der Waals surface area (Å²) in [7, 11) is 0. The van der Waals surface area contributed by atoms with Gasteiger partial charge in [-0.3, -0.25) is 0 Å². The molecule has 0 saturated heterocycles. The maximum atomic E-state index is 5.87. The first-order valence-corrected chi connectivity index (χ1v) is 8.23. The van der Waals surface area contributed by atoms with Gasteiger partial charge >= 0.3 is 0 Å². The molecule has 2 nitrogen and oxygen atoms in total. The number of alkyl halides is 1. The lowest BCUT2D eigenvalue weighted by atomic mass is 10.1. The summed E-state index contributed by atoms with van der Waals surface area (Å²) in [6, 6.07) is 8.36. The van der Waals surface area contributed by atoms with E-state index in [4.69, 9.17) is 16.3 Å². The van der Waals surface area contributed by atoms with E-state index in [1.807, 2.05) is 5.38 Å². The molecule has 0 fully saturated rings. The Morgan fingerprint density at radius 3 is 2.75 bits per heavy atom. The summed E-state index contributed by atoms with van der Waals surface area (Å²) in [5.41, 5.74) is 3.24. The van der Waals surface area contributed by atoms with Crippen LogP contribution in [0.2, 0.25) is 0 Å². The van der Waals surface area contributed by atoms with Crippen LogP contribution in [0.1, 0.15) is 32.0 Å². The fourth-order valence-corrected chi connectivity index (χ4v) is 2.76. The third kappa shape index (κ3) is 4.05. The Bertz CT molecular complexity index is 553. The molecule has 2 aromatic rings. The second kappa shape index (κ2) is 7.21. The Morgan fingerprint density at radius 2 is 2.10 bits per heavy atom. The van der Waals surface area contributed by atoms with E-state index >= 15 is 0 Å². The zero-order valence-corrected chi connectivity index (χ0v) is 13.7. The molecule has 0 aliphatic heterocycles. The Labute approximate surface area is 129 Å². The van der Waals surface area contributed by atoms with Crippen LogP contribution in [0.5, 0.6) is 0 Å². The van der Waals surface area contributed by atoms with Gasteiger partial charge in [0.25, 0.3) is 0 Å². The van der Waals surface area contributed by atoms with Gasteiger partial charge in [-0.2, -0.15) is 0 Å². The number of rotatable bonds is 6. The van der Waals surface area contributed by atoms with Crippen LogP contribution >= 0.6 is 22.9 Å². The molecule has 108 valence electrons. The maximum absolute atomic E-state index is 5.87. The van der Waals surface area contributed by atoms with Gasteiger partial charge < -0.3 is 4.74 Å². The molecule has 0 aliphatic rings. The minimum absolute atomic E-state index is 0.265. The van der Waals surface area contributed by atoms with Gasteiger partial charge in [0, 0.05) is 10.9 Å². The summed E-state index contributed by atoms with van der Waals surface area (Å²) in [5, 5.41) is 3.02. The minimum atomic E-state index is 0.265. The molecule has 4 heteroatoms. The predicted molar refractivity (Wildman–Crippen MR) is 86.2 cm³/mol. The van der Waals surface area contributed by atoms with Crippen LogP contribution in [-0.4, -0.2) is 11.1 Å². The van der Waals surface area contributed by atoms with Crippen molar-refractivity contribution in [3.05, 3.63) is 40.9 Å². The van der Waals surface area contributed by atoms with Gasteiger partial charge in [0.2, 0.25) is 0 Å². The largest absolute Gasteiger partial charge is 0.374 e. The molecule has 1 aromatic heterocycles. The fourth-order valence-electron chi connectivity index (χ4n) is 1.72. The Morgan fingerprint density at radius 1 is 1.30 bits per heavy atom. The second-order valence-electron chi connectivity index (χ2n) is 5.24. The lowest BCUT2D eigenvalue weighted by Gasteiger charge is -2.16. The van der Waals surface area contributed by atoms with Crippen molar-refractivity contribution in [1.82, 2.24) is 4.98 Å². The Hall–Kier alpha value is -0.900. The predicted octanol–water partition coefficient (Wildman–Crippen LogP) is 5.11. The summed E-state index contributed by atoms with van der Waals surface area (Å²) in [6.45, 7) is 7.09. The van der Waals surface area contributed by atoms with E-state index < -0.39 is 0 Å². The topological polar surface area (TPSA) is 22.1 Å². The lowest BCUT2D eigenvalue weighted by Crippen LogP contribution is -2.15. The number of hydrogen-bond acceptors (Lipinski definition) is 3. The highest BCUT2D eigenvalue weighted by Gasteiger charge is 2.09. The van der Waals surface area contributed by atoms with Crippen molar-refractivity contribution < 1.29 is 4.74 Å². The van der Waals surface area contributed by atoms with Crippen LogP contribution in [0.3, 0.4) is 0 Å². The molecule has 20 heavy (non-hydrogen) atoms. The van der Waals surface area contributed by atoms with Gasteiger partial charge in [-0.1, -0.05) is 32.0 Å². The Balaban J connectivity index is 2.07. The molecule has 1 heterocycles. The zero-order valence-electron chi connectivity index (χ0n) is 12.1. The standard InChI is InChI=1S/C16H20ClNOS/c1-11(2)12(3)19-9-13-5-4-6-14(7-13)16-18-15(8-17)10-20-16/h4-7,10-12H,8-9H2,1-3H3. The molecule has 1 unspecified atom stereocenters. The highest BCUT2D eigenvalue weighted by atomic mass is 35.5. The molecular weight excluding hydrogens is 290 g/mol. The maximum Gasteiger partial charge on any atom is 0.123 e. The van der Waals surface area contributed by atoms with Crippen molar-refractivity contribution >= 4 is 22.9 Å². The molecule has 1 atom stereocenters. The third-order valence-corrected chi connectivity index (χ3v) is 4.53. The van der Waals surface area contributed by atoms with Crippen LogP contribution in [0.25, 0.3) is 10.6 Å². The molecule has 0 amide bonds. The van der Waals surface area contributed by atoms with Crippen LogP contribution in [0, 0.1) is 5.92 Å². The van der Waals surface area contributed by atoms with Crippen molar-refractivity contribution in [3.8, 4) is 10.6 Å². The Kier molecular flexibility index (Phi) is 5.58. The molecule has 0 N–H and O–H groups in total. The first-order valence-electron chi connectivity index (χ1n) is 6.81. The normalized spacial score (nSPS) is 12.8. The number of thiazole rings is 1. The van der Waals surface area contributed by atoms with Crippen molar-refractivity contribution in [2.75, 3.05) is 0 Å². The van der Waals surface area contributed by atoms with Crippen molar-refractivity contribution in [2.24, 2.45) is 5.92 Å². The first-order chi connectivity index (χ1) is 9.60. The smallest absolute Gasteiger partial charge is 0.123 e. The molecule has 0 aliphatic carbocycles. The number of hydrogen-bond donors (Lipinski definition) is 0. The van der Waals surface area contributed by atoms with Crippen LogP contribution in [0.4, 0.5) is 0 Å². The molecule has 0 spiro atoms. The summed E-state index contributed by atoms with van der Waals surface area (Å²) < 4.78 is 5.87. The number of halogens is 1. The average molecular weight is 310 g/mol. The summed E-state index contributed by atoms with van der Waals surface area (Å²) in [4.78, 5) is 4.51. The number of ether oxygens (including phenoxy) is 1. The second-order valence-corrected chi connectivity index (χ2v) is 6.36. The molecular formula is C16H20ClNOS. The van der Waals surface area contributed by atoms with Gasteiger partial charge in [0.1, 0.15) is 5.01 Å². The SMILES string of the molecule is CC(C)C(C)OCc1cccc(-c2nc(CCl)cs2)c1. The molecule has 2 rings (SSSR count). The van der Waals surface area contributed by atoms with E-state index in [9.17, 15) is 0 Å². The van der Waals surface area contributed by atoms with E-state index in [1.54, 1.807) is 11.3 Å². The summed E-state index contributed by atoms with van der Waals surface area (Å²) in [6.07, 6.45) is 0.265. The van der Waals surface area contributed by atoms with Crippen LogP contribution < -0.4 is 0 Å². The highest BCUT2D eigenvalue weighted by molar-refractivity contribution is 7.13. The van der Waals surface area contributed by atoms with Gasteiger partial charge in [-0.25, -0.2) is 4.98 Å². The molecule has 1 aromatic carbocycles. The zero-order chi connectivity index (χ0) is 14.5. The van der Waals surface area contributed by atoms with Gasteiger partial charge in [-0.15, -0.1) is 22.9 Å². The van der Waals surface area contributed by atoms with Crippen LogP contribution in [0.15, 0.2) is 29.6 Å². The number of benzene rings is 1. The monoisotopic (exact) mass is 309 g/mol. The highest BCUT2D eigenvalue weighted by Crippen LogP contribution is 2.25. The fraction of sp³-hybridized carbons (Fsp3) is 0.438. The molecule has 0 bridgehead atoms. The number of aromatic nitrogens is 1.